The van der Waals surface area contributed by atoms with Gasteiger partial charge < -0.3 is 20.7 Å². The Hall–Kier alpha value is -6.45. The molecule has 0 radical (unpaired) electrons. The van der Waals surface area contributed by atoms with Crippen LogP contribution in [0.3, 0.4) is 0 Å². The van der Waals surface area contributed by atoms with Gasteiger partial charge in [0.05, 0.1) is 12.2 Å². The summed E-state index contributed by atoms with van der Waals surface area (Å²) in [6.45, 7) is 4.78. The molecule has 1 aromatic heterocycles. The second kappa shape index (κ2) is 19.1. The van der Waals surface area contributed by atoms with Gasteiger partial charge in [-0.15, -0.1) is 23.1 Å². The fourth-order valence-corrected chi connectivity index (χ4v) is 8.96. The Morgan fingerprint density at radius 3 is 2.29 bits per heavy atom. The first kappa shape index (κ1) is 39.8. The molecule has 3 N–H and O–H groups in total. The van der Waals surface area contributed by atoms with Crippen LogP contribution in [0.2, 0.25) is 0 Å². The maximum Gasteiger partial charge on any atom is 0.272 e. The van der Waals surface area contributed by atoms with E-state index < -0.39 is 17.1 Å². The van der Waals surface area contributed by atoms with Crippen LogP contribution in [0.15, 0.2) is 150 Å². The maximum absolute atomic E-state index is 14.2. The van der Waals surface area contributed by atoms with Gasteiger partial charge in [0.1, 0.15) is 27.8 Å². The lowest BCUT2D eigenvalue weighted by molar-refractivity contribution is -0.116. The zero-order valence-electron chi connectivity index (χ0n) is 31.8. The van der Waals surface area contributed by atoms with Gasteiger partial charge in [-0.3, -0.25) is 19.3 Å². The summed E-state index contributed by atoms with van der Waals surface area (Å²) in [5.74, 6) is -0.511. The summed E-state index contributed by atoms with van der Waals surface area (Å²) in [5, 5.41) is 19.0. The number of carbonyl (C=O) groups excluding carboxylic acids is 3. The smallest absolute Gasteiger partial charge is 0.272 e. The SMILES string of the molecule is CCOc1ccc(/C=C(/NC(=O)c2ccccc2)C(=O)Nc2cccc(SC(C(=O)Nc3sc4c(c3C#N)CCN(Cc3ccccc3)C4)c3ccccc3)c2)cc1. The maximum atomic E-state index is 14.2. The third kappa shape index (κ3) is 10.1. The van der Waals surface area contributed by atoms with Crippen LogP contribution in [0.4, 0.5) is 10.7 Å². The lowest BCUT2D eigenvalue weighted by atomic mass is 10.0. The predicted octanol–water partition coefficient (Wildman–Crippen LogP) is 9.46. The molecule has 9 nitrogen and oxygen atoms in total. The summed E-state index contributed by atoms with van der Waals surface area (Å²) in [5.41, 5.74) is 5.19. The number of hydrogen-bond acceptors (Lipinski definition) is 8. The molecule has 0 saturated heterocycles. The van der Waals surface area contributed by atoms with E-state index in [0.717, 1.165) is 40.4 Å². The van der Waals surface area contributed by atoms with Crippen LogP contribution >= 0.6 is 23.1 Å². The van der Waals surface area contributed by atoms with Crippen molar-refractivity contribution < 1.29 is 19.1 Å². The van der Waals surface area contributed by atoms with Gasteiger partial charge in [0.2, 0.25) is 5.91 Å². The van der Waals surface area contributed by atoms with Gasteiger partial charge >= 0.3 is 0 Å². The standard InChI is InChI=1S/C47H41N5O4S2/c1-2-56-37-23-21-32(22-24-37)27-41(50-44(53)35-17-10-5-11-18-35)45(54)49-36-19-12-20-38(28-36)57-43(34-15-8-4-9-16-34)46(55)51-47-40(29-48)39-25-26-52(31-42(39)58-47)30-33-13-6-3-7-14-33/h3-24,27-28,43H,2,25-26,30-31H2,1H3,(H,49,54)(H,50,53)(H,51,55)/b41-27+. The largest absolute Gasteiger partial charge is 0.494 e. The van der Waals surface area contributed by atoms with Gasteiger partial charge in [-0.25, -0.2) is 0 Å². The summed E-state index contributed by atoms with van der Waals surface area (Å²) in [4.78, 5) is 45.5. The van der Waals surface area contributed by atoms with Crippen LogP contribution < -0.4 is 20.7 Å². The van der Waals surface area contributed by atoms with Crippen LogP contribution in [0, 0.1) is 11.3 Å². The second-order valence-corrected chi connectivity index (χ2v) is 15.8. The molecule has 0 saturated carbocycles. The molecule has 1 atom stereocenters. The topological polar surface area (TPSA) is 124 Å². The van der Waals surface area contributed by atoms with E-state index in [9.17, 15) is 19.6 Å². The van der Waals surface area contributed by atoms with E-state index in [0.29, 0.717) is 46.3 Å². The number of nitrogens with zero attached hydrogens (tertiary/aromatic N) is 2. The Bertz CT molecular complexity index is 2450. The number of ether oxygens (including phenoxy) is 1. The number of anilines is 2. The molecule has 7 rings (SSSR count). The van der Waals surface area contributed by atoms with Crippen molar-refractivity contribution in [2.45, 2.75) is 36.6 Å². The molecule has 2 heterocycles. The van der Waals surface area contributed by atoms with Gasteiger partial charge in [-0.05, 0) is 84.1 Å². The van der Waals surface area contributed by atoms with Crippen molar-refractivity contribution in [1.82, 2.24) is 10.2 Å². The molecule has 11 heteroatoms. The van der Waals surface area contributed by atoms with Crippen molar-refractivity contribution in [2.75, 3.05) is 23.8 Å². The van der Waals surface area contributed by atoms with Crippen molar-refractivity contribution in [3.05, 3.63) is 183 Å². The summed E-state index contributed by atoms with van der Waals surface area (Å²) < 4.78 is 5.56. The molecular weight excluding hydrogens is 763 g/mol. The van der Waals surface area contributed by atoms with Gasteiger partial charge in [0, 0.05) is 40.7 Å². The van der Waals surface area contributed by atoms with Gasteiger partial charge in [0.15, 0.2) is 0 Å². The van der Waals surface area contributed by atoms with Crippen LogP contribution in [-0.4, -0.2) is 35.8 Å². The summed E-state index contributed by atoms with van der Waals surface area (Å²) in [6, 6.07) is 45.3. The van der Waals surface area contributed by atoms with Crippen molar-refractivity contribution in [3.63, 3.8) is 0 Å². The van der Waals surface area contributed by atoms with Crippen molar-refractivity contribution >= 4 is 57.6 Å². The van der Waals surface area contributed by atoms with E-state index in [1.165, 1.54) is 28.7 Å². The molecule has 6 aromatic rings. The molecule has 0 aliphatic carbocycles. The normalized spacial score (nSPS) is 13.1. The minimum absolute atomic E-state index is 0.0488. The molecule has 1 unspecified atom stereocenters. The fraction of sp³-hybridized carbons (Fsp3) is 0.149. The van der Waals surface area contributed by atoms with Crippen LogP contribution in [0.5, 0.6) is 5.75 Å². The van der Waals surface area contributed by atoms with Crippen molar-refractivity contribution in [1.29, 1.82) is 5.26 Å². The third-order valence-corrected chi connectivity index (χ3v) is 11.8. The molecule has 0 spiro atoms. The van der Waals surface area contributed by atoms with Crippen LogP contribution in [0.1, 0.15) is 55.2 Å². The summed E-state index contributed by atoms with van der Waals surface area (Å²) >= 11 is 2.81. The average molecular weight is 804 g/mol. The highest BCUT2D eigenvalue weighted by Gasteiger charge is 2.28. The first-order valence-corrected chi connectivity index (χ1v) is 20.6. The zero-order chi connectivity index (χ0) is 40.3. The van der Waals surface area contributed by atoms with E-state index in [1.54, 1.807) is 60.7 Å². The van der Waals surface area contributed by atoms with Gasteiger partial charge in [0.25, 0.3) is 11.8 Å². The minimum Gasteiger partial charge on any atom is -0.494 e. The number of rotatable bonds is 14. The van der Waals surface area contributed by atoms with E-state index in [4.69, 9.17) is 4.74 Å². The Balaban J connectivity index is 1.09. The lowest BCUT2D eigenvalue weighted by Gasteiger charge is -2.26. The van der Waals surface area contributed by atoms with E-state index in [-0.39, 0.29) is 11.6 Å². The predicted molar refractivity (Wildman–Crippen MR) is 232 cm³/mol. The number of hydrogen-bond donors (Lipinski definition) is 3. The number of thiophene rings is 1. The summed E-state index contributed by atoms with van der Waals surface area (Å²) in [6.07, 6.45) is 2.35. The highest BCUT2D eigenvalue weighted by atomic mass is 32.2. The molecule has 5 aromatic carbocycles. The zero-order valence-corrected chi connectivity index (χ0v) is 33.4. The van der Waals surface area contributed by atoms with Gasteiger partial charge in [-0.1, -0.05) is 97.1 Å². The van der Waals surface area contributed by atoms with Crippen LogP contribution in [-0.2, 0) is 29.1 Å². The molecular formula is C47H41N5O4S2. The third-order valence-electron chi connectivity index (χ3n) is 9.45. The van der Waals surface area contributed by atoms with E-state index in [1.807, 2.05) is 79.7 Å². The second-order valence-electron chi connectivity index (χ2n) is 13.5. The van der Waals surface area contributed by atoms with Crippen molar-refractivity contribution in [2.24, 2.45) is 0 Å². The van der Waals surface area contributed by atoms with E-state index in [2.05, 4.69) is 39.1 Å². The number of carbonyl (C=O) groups is 3. The number of fused-ring (bicyclic) bond motifs is 1. The Labute approximate surface area is 346 Å². The van der Waals surface area contributed by atoms with E-state index >= 15 is 0 Å². The summed E-state index contributed by atoms with van der Waals surface area (Å²) in [7, 11) is 0. The molecule has 0 bridgehead atoms. The number of benzene rings is 5. The first-order valence-electron chi connectivity index (χ1n) is 18.9. The number of nitrogens with one attached hydrogen (secondary N) is 3. The minimum atomic E-state index is -0.673. The first-order chi connectivity index (χ1) is 28.4. The Morgan fingerprint density at radius 1 is 0.879 bits per heavy atom. The monoisotopic (exact) mass is 803 g/mol. The fourth-order valence-electron chi connectivity index (χ4n) is 6.64. The van der Waals surface area contributed by atoms with Gasteiger partial charge in [-0.2, -0.15) is 5.26 Å². The van der Waals surface area contributed by atoms with Crippen LogP contribution in [0.25, 0.3) is 6.08 Å². The molecule has 58 heavy (non-hydrogen) atoms. The molecule has 1 aliphatic rings. The average Bonchev–Trinajstić information content (AvgIpc) is 3.60. The van der Waals surface area contributed by atoms with Crippen molar-refractivity contribution in [3.8, 4) is 11.8 Å². The molecule has 3 amide bonds. The number of amides is 3. The Kier molecular flexibility index (Phi) is 13.1. The number of nitriles is 1. The molecule has 290 valence electrons. The molecule has 0 fully saturated rings. The number of thioether (sulfide) groups is 1. The Morgan fingerprint density at radius 2 is 1.59 bits per heavy atom. The highest BCUT2D eigenvalue weighted by molar-refractivity contribution is 8.00. The quantitative estimate of drug-likeness (QED) is 0.0741. The highest BCUT2D eigenvalue weighted by Crippen LogP contribution is 2.41. The molecule has 1 aliphatic heterocycles. The lowest BCUT2D eigenvalue weighted by Crippen LogP contribution is -2.30.